The Bertz CT molecular complexity index is 1240. The largest absolute Gasteiger partial charge is 0.482 e. The molecule has 1 fully saturated rings. The number of esters is 1. The topological polar surface area (TPSA) is 95.0 Å². The SMILES string of the molecule is COC(=O)[C@@H]1C[C@]2(CC(=O)c3c(c(C)nc4c(C(F)(F)F)cccc34)O2)CN1C(=O)OC(C)(C)C. The maximum atomic E-state index is 13.6. The number of fused-ring (bicyclic) bond motifs is 3. The van der Waals surface area contributed by atoms with Crippen molar-refractivity contribution in [3.8, 4) is 5.75 Å². The summed E-state index contributed by atoms with van der Waals surface area (Å²) in [6, 6.07) is 2.46. The molecule has 2 aliphatic rings. The summed E-state index contributed by atoms with van der Waals surface area (Å²) in [6.07, 6.45) is -5.72. The predicted octanol–water partition coefficient (Wildman–Crippen LogP) is 4.45. The molecular weight excluding hydrogens is 469 g/mol. The molecule has 8 nitrogen and oxygen atoms in total. The van der Waals surface area contributed by atoms with Crippen LogP contribution >= 0.6 is 0 Å². The third kappa shape index (κ3) is 4.39. The lowest BCUT2D eigenvalue weighted by Gasteiger charge is -2.35. The van der Waals surface area contributed by atoms with Gasteiger partial charge >= 0.3 is 18.2 Å². The van der Waals surface area contributed by atoms with E-state index >= 15 is 0 Å². The van der Waals surface area contributed by atoms with Gasteiger partial charge in [-0.1, -0.05) is 12.1 Å². The zero-order valence-electron chi connectivity index (χ0n) is 19.9. The van der Waals surface area contributed by atoms with Crippen LogP contribution in [0.25, 0.3) is 10.9 Å². The first-order chi connectivity index (χ1) is 16.2. The van der Waals surface area contributed by atoms with Crippen LogP contribution in [-0.4, -0.2) is 58.6 Å². The second-order valence-corrected chi connectivity index (χ2v) is 9.84. The second-order valence-electron chi connectivity index (χ2n) is 9.84. The van der Waals surface area contributed by atoms with Gasteiger partial charge in [0.1, 0.15) is 17.2 Å². The Labute approximate surface area is 199 Å². The Morgan fingerprint density at radius 3 is 2.51 bits per heavy atom. The number of nitrogens with zero attached hydrogens (tertiary/aromatic N) is 2. The number of aryl methyl sites for hydroxylation is 1. The number of hydrogen-bond acceptors (Lipinski definition) is 7. The second kappa shape index (κ2) is 8.10. The number of hydrogen-bond donors (Lipinski definition) is 0. The van der Waals surface area contributed by atoms with Crippen LogP contribution in [0.3, 0.4) is 0 Å². The molecule has 1 saturated heterocycles. The normalized spacial score (nSPS) is 22.2. The van der Waals surface area contributed by atoms with E-state index in [1.165, 1.54) is 31.1 Å². The van der Waals surface area contributed by atoms with E-state index in [0.29, 0.717) is 0 Å². The number of carbonyl (C=O) groups is 3. The molecule has 2 aromatic rings. The maximum Gasteiger partial charge on any atom is 0.418 e. The summed E-state index contributed by atoms with van der Waals surface area (Å²) in [7, 11) is 1.18. The number of Topliss-reactive ketones (excluding diaryl/α,β-unsaturated/α-hetero) is 1. The van der Waals surface area contributed by atoms with Crippen molar-refractivity contribution >= 4 is 28.7 Å². The minimum atomic E-state index is -4.65. The molecule has 0 unspecified atom stereocenters. The number of amides is 1. The van der Waals surface area contributed by atoms with Crippen LogP contribution in [0.15, 0.2) is 18.2 Å². The van der Waals surface area contributed by atoms with Gasteiger partial charge in [-0.25, -0.2) is 14.6 Å². The molecule has 188 valence electrons. The van der Waals surface area contributed by atoms with Gasteiger partial charge in [-0.15, -0.1) is 0 Å². The molecule has 1 aromatic carbocycles. The zero-order chi connectivity index (χ0) is 25.9. The van der Waals surface area contributed by atoms with Gasteiger partial charge in [-0.2, -0.15) is 13.2 Å². The van der Waals surface area contributed by atoms with Gasteiger partial charge in [0.2, 0.25) is 0 Å². The Morgan fingerprint density at radius 2 is 1.91 bits per heavy atom. The molecule has 4 rings (SSSR count). The highest BCUT2D eigenvalue weighted by Gasteiger charge is 2.55. The molecule has 2 aliphatic heterocycles. The highest BCUT2D eigenvalue weighted by molar-refractivity contribution is 6.11. The molecule has 1 spiro atoms. The quantitative estimate of drug-likeness (QED) is 0.541. The lowest BCUT2D eigenvalue weighted by Crippen LogP contribution is -2.47. The number of aromatic nitrogens is 1. The molecule has 0 saturated carbocycles. The minimum absolute atomic E-state index is 0.00885. The van der Waals surface area contributed by atoms with Gasteiger partial charge < -0.3 is 14.2 Å². The Kier molecular flexibility index (Phi) is 5.72. The van der Waals surface area contributed by atoms with Gasteiger partial charge in [-0.05, 0) is 33.8 Å². The van der Waals surface area contributed by atoms with Crippen molar-refractivity contribution in [1.82, 2.24) is 9.88 Å². The number of ether oxygens (including phenoxy) is 3. The summed E-state index contributed by atoms with van der Waals surface area (Å²) in [5.74, 6) is -1.11. The standard InChI is InChI=1S/C24H25F3N2O6/c1-12-19-17(13-7-6-8-14(18(13)28-12)24(25,26)27)16(30)10-23(34-19)9-15(20(31)33-5)29(11-23)21(32)35-22(2,3)4/h6-8,15H,9-11H2,1-5H3/t15-,23-/m0/s1. The first-order valence-electron chi connectivity index (χ1n) is 11.0. The first-order valence-corrected chi connectivity index (χ1v) is 11.0. The van der Waals surface area contributed by atoms with Gasteiger partial charge in [0, 0.05) is 11.8 Å². The van der Waals surface area contributed by atoms with E-state index in [1.54, 1.807) is 20.8 Å². The molecule has 11 heteroatoms. The number of ketones is 1. The van der Waals surface area contributed by atoms with Crippen LogP contribution in [0.1, 0.15) is 55.2 Å². The Balaban J connectivity index is 1.78. The van der Waals surface area contributed by atoms with Crippen LogP contribution in [0.5, 0.6) is 5.75 Å². The third-order valence-corrected chi connectivity index (χ3v) is 6.03. The number of halogens is 3. The van der Waals surface area contributed by atoms with Crippen LogP contribution in [0, 0.1) is 6.92 Å². The molecule has 2 atom stereocenters. The maximum absolute atomic E-state index is 13.6. The number of likely N-dealkylation sites (tertiary alicyclic amines) is 1. The Morgan fingerprint density at radius 1 is 1.23 bits per heavy atom. The van der Waals surface area contributed by atoms with Crippen molar-refractivity contribution < 1.29 is 41.8 Å². The van der Waals surface area contributed by atoms with E-state index in [1.807, 2.05) is 0 Å². The number of para-hydroxylation sites is 1. The molecule has 0 bridgehead atoms. The lowest BCUT2D eigenvalue weighted by atomic mass is 9.86. The number of alkyl halides is 3. The fraction of sp³-hybridized carbons (Fsp3) is 0.500. The fourth-order valence-electron chi connectivity index (χ4n) is 4.66. The van der Waals surface area contributed by atoms with Crippen LogP contribution in [0.4, 0.5) is 18.0 Å². The smallest absolute Gasteiger partial charge is 0.418 e. The average molecular weight is 494 g/mol. The van der Waals surface area contributed by atoms with Crippen LogP contribution < -0.4 is 4.74 Å². The predicted molar refractivity (Wildman–Crippen MR) is 117 cm³/mol. The van der Waals surface area contributed by atoms with Crippen molar-refractivity contribution in [2.75, 3.05) is 13.7 Å². The van der Waals surface area contributed by atoms with E-state index in [0.717, 1.165) is 6.07 Å². The molecule has 0 aliphatic carbocycles. The molecule has 0 N–H and O–H groups in total. The van der Waals surface area contributed by atoms with Crippen LogP contribution in [-0.2, 0) is 20.4 Å². The van der Waals surface area contributed by atoms with Crippen molar-refractivity contribution in [1.29, 1.82) is 0 Å². The summed E-state index contributed by atoms with van der Waals surface area (Å²) in [4.78, 5) is 44.0. The van der Waals surface area contributed by atoms with Crippen molar-refractivity contribution in [3.05, 3.63) is 35.0 Å². The molecule has 1 aromatic heterocycles. The zero-order valence-corrected chi connectivity index (χ0v) is 19.9. The Hall–Kier alpha value is -3.37. The highest BCUT2D eigenvalue weighted by atomic mass is 19.4. The summed E-state index contributed by atoms with van der Waals surface area (Å²) < 4.78 is 57.2. The molecule has 3 heterocycles. The van der Waals surface area contributed by atoms with E-state index in [2.05, 4.69) is 4.98 Å². The third-order valence-electron chi connectivity index (χ3n) is 6.03. The van der Waals surface area contributed by atoms with E-state index in [9.17, 15) is 27.6 Å². The van der Waals surface area contributed by atoms with E-state index in [4.69, 9.17) is 14.2 Å². The fourth-order valence-corrected chi connectivity index (χ4v) is 4.66. The van der Waals surface area contributed by atoms with E-state index < -0.39 is 46.8 Å². The molecular formula is C24H25F3N2O6. The molecule has 0 radical (unpaired) electrons. The van der Waals surface area contributed by atoms with Crippen molar-refractivity contribution in [2.24, 2.45) is 0 Å². The van der Waals surface area contributed by atoms with E-state index in [-0.39, 0.29) is 47.3 Å². The highest BCUT2D eigenvalue weighted by Crippen LogP contribution is 2.46. The monoisotopic (exact) mass is 494 g/mol. The lowest BCUT2D eigenvalue weighted by molar-refractivity contribution is -0.145. The van der Waals surface area contributed by atoms with Crippen molar-refractivity contribution in [2.45, 2.75) is 64.0 Å². The minimum Gasteiger partial charge on any atom is -0.482 e. The number of pyridine rings is 1. The van der Waals surface area contributed by atoms with Gasteiger partial charge in [0.25, 0.3) is 0 Å². The summed E-state index contributed by atoms with van der Waals surface area (Å²) >= 11 is 0. The van der Waals surface area contributed by atoms with Crippen molar-refractivity contribution in [3.63, 3.8) is 0 Å². The van der Waals surface area contributed by atoms with Gasteiger partial charge in [0.05, 0.1) is 42.4 Å². The number of benzene rings is 1. The molecule has 35 heavy (non-hydrogen) atoms. The number of carbonyl (C=O) groups excluding carboxylic acids is 3. The number of rotatable bonds is 1. The van der Waals surface area contributed by atoms with Gasteiger partial charge in [-0.3, -0.25) is 9.69 Å². The van der Waals surface area contributed by atoms with Crippen LogP contribution in [0.2, 0.25) is 0 Å². The number of methoxy groups -OCH3 is 1. The average Bonchev–Trinajstić information content (AvgIpc) is 3.09. The summed E-state index contributed by atoms with van der Waals surface area (Å²) in [5, 5.41) is 0.0341. The summed E-state index contributed by atoms with van der Waals surface area (Å²) in [6.45, 7) is 6.34. The van der Waals surface area contributed by atoms with Gasteiger partial charge in [0.15, 0.2) is 11.5 Å². The molecule has 1 amide bonds. The summed E-state index contributed by atoms with van der Waals surface area (Å²) in [5.41, 5.74) is -3.30. The first kappa shape index (κ1) is 24.7.